The Balaban J connectivity index is 1.92. The summed E-state index contributed by atoms with van der Waals surface area (Å²) in [6.45, 7) is 1.38. The van der Waals surface area contributed by atoms with Crippen LogP contribution in [0.15, 0.2) is 30.5 Å². The van der Waals surface area contributed by atoms with Crippen LogP contribution in [-0.4, -0.2) is 24.3 Å². The summed E-state index contributed by atoms with van der Waals surface area (Å²) in [5.74, 6) is 1.57. The summed E-state index contributed by atoms with van der Waals surface area (Å²) in [7, 11) is 3.30. The van der Waals surface area contributed by atoms with Gasteiger partial charge in [0.1, 0.15) is 11.5 Å². The number of ether oxygens (including phenoxy) is 2. The molecule has 0 unspecified atom stereocenters. The molecule has 1 aromatic carbocycles. The summed E-state index contributed by atoms with van der Waals surface area (Å²) in [6.07, 6.45) is 1.93. The second-order valence-electron chi connectivity index (χ2n) is 4.76. The van der Waals surface area contributed by atoms with E-state index in [4.69, 9.17) is 21.7 Å². The molecular formula is C15H17N3O2S. The number of benzene rings is 1. The molecule has 2 heterocycles. The van der Waals surface area contributed by atoms with Crippen LogP contribution in [0.3, 0.4) is 0 Å². The lowest BCUT2D eigenvalue weighted by Crippen LogP contribution is -2.43. The van der Waals surface area contributed by atoms with Crippen molar-refractivity contribution in [1.82, 2.24) is 10.3 Å². The molecule has 0 fully saturated rings. The summed E-state index contributed by atoms with van der Waals surface area (Å²) in [6, 6.07) is 7.85. The fourth-order valence-corrected chi connectivity index (χ4v) is 2.70. The number of nitrogens with zero attached hydrogens (tertiary/aromatic N) is 1. The molecule has 3 rings (SSSR count). The van der Waals surface area contributed by atoms with Gasteiger partial charge in [0.2, 0.25) is 0 Å². The summed E-state index contributed by atoms with van der Waals surface area (Å²) < 4.78 is 10.7. The maximum Gasteiger partial charge on any atom is 0.174 e. The number of nitrogens with one attached hydrogen (secondary N) is 2. The first-order valence-electron chi connectivity index (χ1n) is 6.65. The van der Waals surface area contributed by atoms with Crippen molar-refractivity contribution in [1.29, 1.82) is 0 Å². The van der Waals surface area contributed by atoms with E-state index in [0.717, 1.165) is 40.1 Å². The number of hydrogen-bond donors (Lipinski definition) is 2. The Morgan fingerprint density at radius 1 is 1.24 bits per heavy atom. The van der Waals surface area contributed by atoms with Crippen molar-refractivity contribution in [2.75, 3.05) is 19.1 Å². The minimum atomic E-state index is 0.643. The predicted molar refractivity (Wildman–Crippen MR) is 86.0 cm³/mol. The Bertz CT molecular complexity index is 669. The van der Waals surface area contributed by atoms with E-state index < -0.39 is 0 Å². The van der Waals surface area contributed by atoms with Gasteiger partial charge in [0.05, 0.1) is 38.7 Å². The summed E-state index contributed by atoms with van der Waals surface area (Å²) in [4.78, 5) is 5.29. The molecule has 0 saturated heterocycles. The van der Waals surface area contributed by atoms with Gasteiger partial charge < -0.3 is 24.7 Å². The lowest BCUT2D eigenvalue weighted by molar-refractivity contribution is 0.391. The second kappa shape index (κ2) is 5.65. The van der Waals surface area contributed by atoms with Gasteiger partial charge in [0, 0.05) is 17.8 Å². The Morgan fingerprint density at radius 3 is 2.86 bits per heavy atom. The second-order valence-corrected chi connectivity index (χ2v) is 5.15. The highest BCUT2D eigenvalue weighted by molar-refractivity contribution is 7.80. The highest BCUT2D eigenvalue weighted by atomic mass is 32.1. The third-order valence-electron chi connectivity index (χ3n) is 3.58. The minimum Gasteiger partial charge on any atom is -0.497 e. The molecule has 0 spiro atoms. The van der Waals surface area contributed by atoms with E-state index in [2.05, 4.69) is 15.2 Å². The number of anilines is 1. The third-order valence-corrected chi connectivity index (χ3v) is 3.95. The van der Waals surface area contributed by atoms with E-state index >= 15 is 0 Å². The first kappa shape index (κ1) is 13.8. The van der Waals surface area contributed by atoms with Gasteiger partial charge in [0.15, 0.2) is 5.11 Å². The molecule has 21 heavy (non-hydrogen) atoms. The van der Waals surface area contributed by atoms with Gasteiger partial charge in [-0.15, -0.1) is 0 Å². The zero-order valence-electron chi connectivity index (χ0n) is 12.0. The quantitative estimate of drug-likeness (QED) is 0.850. The number of rotatable bonds is 4. The molecule has 0 aliphatic carbocycles. The van der Waals surface area contributed by atoms with Crippen LogP contribution in [0.2, 0.25) is 0 Å². The van der Waals surface area contributed by atoms with Crippen LogP contribution in [-0.2, 0) is 13.1 Å². The molecule has 1 aromatic heterocycles. The van der Waals surface area contributed by atoms with Crippen molar-refractivity contribution in [3.8, 4) is 11.5 Å². The molecule has 1 aliphatic heterocycles. The number of thiocarbonyl (C=S) groups is 1. The van der Waals surface area contributed by atoms with Crippen molar-refractivity contribution in [2.45, 2.75) is 13.1 Å². The summed E-state index contributed by atoms with van der Waals surface area (Å²) in [5.41, 5.74) is 3.30. The fourth-order valence-electron chi connectivity index (χ4n) is 2.47. The molecule has 0 saturated carbocycles. The SMILES string of the molecule is COc1ccc(CN2C(=S)NCc3[nH]ccc32)c(OC)c1. The molecule has 0 radical (unpaired) electrons. The first-order valence-corrected chi connectivity index (χ1v) is 7.06. The van der Waals surface area contributed by atoms with E-state index in [-0.39, 0.29) is 0 Å². The van der Waals surface area contributed by atoms with E-state index in [1.165, 1.54) is 0 Å². The first-order chi connectivity index (χ1) is 10.2. The zero-order chi connectivity index (χ0) is 14.8. The van der Waals surface area contributed by atoms with Crippen molar-refractivity contribution in [3.05, 3.63) is 41.7 Å². The van der Waals surface area contributed by atoms with Gasteiger partial charge in [-0.2, -0.15) is 0 Å². The Labute approximate surface area is 128 Å². The van der Waals surface area contributed by atoms with Gasteiger partial charge >= 0.3 is 0 Å². The van der Waals surface area contributed by atoms with Crippen molar-refractivity contribution >= 4 is 23.0 Å². The van der Waals surface area contributed by atoms with Gasteiger partial charge in [-0.1, -0.05) is 0 Å². The van der Waals surface area contributed by atoms with Crippen molar-refractivity contribution in [3.63, 3.8) is 0 Å². The van der Waals surface area contributed by atoms with Crippen LogP contribution in [0, 0.1) is 0 Å². The average molecular weight is 303 g/mol. The Morgan fingerprint density at radius 2 is 2.10 bits per heavy atom. The van der Waals surface area contributed by atoms with Gasteiger partial charge in [0.25, 0.3) is 0 Å². The van der Waals surface area contributed by atoms with E-state index in [9.17, 15) is 0 Å². The smallest absolute Gasteiger partial charge is 0.174 e. The monoisotopic (exact) mass is 303 g/mol. The largest absolute Gasteiger partial charge is 0.497 e. The normalized spacial score (nSPS) is 13.6. The summed E-state index contributed by atoms with van der Waals surface area (Å²) >= 11 is 5.43. The molecule has 6 heteroatoms. The maximum atomic E-state index is 5.46. The number of aromatic nitrogens is 1. The van der Waals surface area contributed by atoms with Crippen molar-refractivity contribution in [2.24, 2.45) is 0 Å². The topological polar surface area (TPSA) is 49.5 Å². The van der Waals surface area contributed by atoms with E-state index in [1.54, 1.807) is 14.2 Å². The molecule has 0 amide bonds. The van der Waals surface area contributed by atoms with Crippen LogP contribution in [0.5, 0.6) is 11.5 Å². The Hall–Kier alpha value is -2.21. The lowest BCUT2D eigenvalue weighted by atomic mass is 10.1. The number of methoxy groups -OCH3 is 2. The molecule has 1 aliphatic rings. The molecule has 2 N–H and O–H groups in total. The van der Waals surface area contributed by atoms with Crippen LogP contribution in [0.4, 0.5) is 5.69 Å². The molecule has 110 valence electrons. The van der Waals surface area contributed by atoms with Crippen molar-refractivity contribution < 1.29 is 9.47 Å². The van der Waals surface area contributed by atoms with Crippen LogP contribution in [0.25, 0.3) is 0 Å². The number of H-pyrrole nitrogens is 1. The minimum absolute atomic E-state index is 0.643. The molecule has 5 nitrogen and oxygen atoms in total. The zero-order valence-corrected chi connectivity index (χ0v) is 12.8. The van der Waals surface area contributed by atoms with Gasteiger partial charge in [-0.25, -0.2) is 0 Å². The Kier molecular flexibility index (Phi) is 3.70. The molecule has 2 aromatic rings. The lowest BCUT2D eigenvalue weighted by Gasteiger charge is -2.30. The standard InChI is InChI=1S/C15H17N3O2S/c1-19-11-4-3-10(14(7-11)20-2)9-18-13-5-6-16-12(13)8-17-15(18)21/h3-7,16H,8-9H2,1-2H3,(H,17,21). The highest BCUT2D eigenvalue weighted by Crippen LogP contribution is 2.30. The number of hydrogen-bond acceptors (Lipinski definition) is 3. The molecular weight excluding hydrogens is 286 g/mol. The average Bonchev–Trinajstić information content (AvgIpc) is 2.99. The third kappa shape index (κ3) is 2.54. The number of fused-ring (bicyclic) bond motifs is 1. The van der Waals surface area contributed by atoms with Gasteiger partial charge in [-0.3, -0.25) is 0 Å². The van der Waals surface area contributed by atoms with Crippen LogP contribution < -0.4 is 19.7 Å². The predicted octanol–water partition coefficient (Wildman–Crippen LogP) is 2.43. The van der Waals surface area contributed by atoms with Crippen LogP contribution in [0.1, 0.15) is 11.3 Å². The van der Waals surface area contributed by atoms with E-state index in [1.807, 2.05) is 30.5 Å². The maximum absolute atomic E-state index is 5.46. The van der Waals surface area contributed by atoms with Crippen LogP contribution >= 0.6 is 12.2 Å². The van der Waals surface area contributed by atoms with E-state index in [0.29, 0.717) is 6.54 Å². The molecule has 0 atom stereocenters. The molecule has 0 bridgehead atoms. The fraction of sp³-hybridized carbons (Fsp3) is 0.267. The highest BCUT2D eigenvalue weighted by Gasteiger charge is 2.23. The summed E-state index contributed by atoms with van der Waals surface area (Å²) in [5, 5.41) is 3.94. The number of aromatic amines is 1. The van der Waals surface area contributed by atoms with Gasteiger partial charge in [-0.05, 0) is 30.4 Å².